The third-order valence-corrected chi connectivity index (χ3v) is 6.16. The van der Waals surface area contributed by atoms with E-state index in [4.69, 9.17) is 4.74 Å². The summed E-state index contributed by atoms with van der Waals surface area (Å²) in [6.45, 7) is 5.32. The van der Waals surface area contributed by atoms with Crippen molar-refractivity contribution in [3.63, 3.8) is 0 Å². The fraction of sp³-hybridized carbons (Fsp3) is 0.474. The van der Waals surface area contributed by atoms with Crippen LogP contribution in [0, 0.1) is 5.82 Å². The molecule has 6 nitrogen and oxygen atoms in total. The normalized spacial score (nSPS) is 21.1. The molecule has 1 aromatic carbocycles. The van der Waals surface area contributed by atoms with Gasteiger partial charge >= 0.3 is 0 Å². The van der Waals surface area contributed by atoms with Gasteiger partial charge in [0.15, 0.2) is 0 Å². The standard InChI is InChI=1S/C19H22FN3O3S/c20-14-1-2-16-13(9-14)10-17(27-16)19(25)21-15-11-18(24)23(12-15)4-3-22-5-7-26-8-6-22/h1-2,9-10,15H,3-8,11-12H2,(H,21,25)/t15-/m0/s1. The van der Waals surface area contributed by atoms with Crippen LogP contribution in [0.25, 0.3) is 10.1 Å². The molecule has 0 unspecified atom stereocenters. The summed E-state index contributed by atoms with van der Waals surface area (Å²) in [4.78, 5) is 29.4. The minimum absolute atomic E-state index is 0.0759. The first-order chi connectivity index (χ1) is 13.1. The number of amides is 2. The Balaban J connectivity index is 1.32. The van der Waals surface area contributed by atoms with Gasteiger partial charge in [0.25, 0.3) is 5.91 Å². The molecule has 2 aliphatic rings. The summed E-state index contributed by atoms with van der Waals surface area (Å²) in [6, 6.07) is 6.01. The Hall–Kier alpha value is -2.03. The average Bonchev–Trinajstić information content (AvgIpc) is 3.23. The van der Waals surface area contributed by atoms with Crippen molar-refractivity contribution in [1.82, 2.24) is 15.1 Å². The van der Waals surface area contributed by atoms with E-state index in [1.54, 1.807) is 12.1 Å². The largest absolute Gasteiger partial charge is 0.379 e. The van der Waals surface area contributed by atoms with Crippen molar-refractivity contribution in [2.75, 3.05) is 45.9 Å². The number of ether oxygens (including phenoxy) is 1. The zero-order valence-electron chi connectivity index (χ0n) is 14.9. The molecule has 2 aromatic rings. The third kappa shape index (κ3) is 4.28. The summed E-state index contributed by atoms with van der Waals surface area (Å²) in [7, 11) is 0. The Morgan fingerprint density at radius 2 is 2.07 bits per heavy atom. The van der Waals surface area contributed by atoms with E-state index >= 15 is 0 Å². The van der Waals surface area contributed by atoms with Crippen LogP contribution in [0.3, 0.4) is 0 Å². The molecule has 8 heteroatoms. The number of carbonyl (C=O) groups is 2. The topological polar surface area (TPSA) is 61.9 Å². The lowest BCUT2D eigenvalue weighted by molar-refractivity contribution is -0.128. The highest BCUT2D eigenvalue weighted by Crippen LogP contribution is 2.26. The van der Waals surface area contributed by atoms with Crippen LogP contribution >= 0.6 is 11.3 Å². The van der Waals surface area contributed by atoms with Gasteiger partial charge in [0.05, 0.1) is 24.1 Å². The highest BCUT2D eigenvalue weighted by molar-refractivity contribution is 7.20. The lowest BCUT2D eigenvalue weighted by Gasteiger charge is -2.28. The van der Waals surface area contributed by atoms with Gasteiger partial charge in [-0.2, -0.15) is 0 Å². The first-order valence-electron chi connectivity index (χ1n) is 9.16. The smallest absolute Gasteiger partial charge is 0.261 e. The zero-order chi connectivity index (χ0) is 18.8. The fourth-order valence-corrected chi connectivity index (χ4v) is 4.50. The van der Waals surface area contributed by atoms with Crippen molar-refractivity contribution in [2.24, 2.45) is 0 Å². The monoisotopic (exact) mass is 391 g/mol. The molecule has 1 atom stereocenters. The van der Waals surface area contributed by atoms with Crippen molar-refractivity contribution in [3.8, 4) is 0 Å². The number of rotatable bonds is 5. The molecule has 0 saturated carbocycles. The fourth-order valence-electron chi connectivity index (χ4n) is 3.55. The maximum atomic E-state index is 13.3. The number of hydrogen-bond donors (Lipinski definition) is 1. The van der Waals surface area contributed by atoms with Crippen molar-refractivity contribution < 1.29 is 18.7 Å². The molecule has 3 heterocycles. The van der Waals surface area contributed by atoms with Crippen LogP contribution < -0.4 is 5.32 Å². The van der Waals surface area contributed by atoms with E-state index < -0.39 is 0 Å². The molecule has 2 saturated heterocycles. The average molecular weight is 391 g/mol. The number of thiophene rings is 1. The Kier molecular flexibility index (Phi) is 5.38. The molecule has 1 aromatic heterocycles. The minimum Gasteiger partial charge on any atom is -0.379 e. The summed E-state index contributed by atoms with van der Waals surface area (Å²) in [5.41, 5.74) is 0. The second-order valence-corrected chi connectivity index (χ2v) is 8.04. The van der Waals surface area contributed by atoms with E-state index in [1.807, 2.05) is 4.90 Å². The summed E-state index contributed by atoms with van der Waals surface area (Å²) in [5, 5.41) is 3.67. The number of nitrogens with one attached hydrogen (secondary N) is 1. The van der Waals surface area contributed by atoms with E-state index in [0.29, 0.717) is 24.4 Å². The highest BCUT2D eigenvalue weighted by atomic mass is 32.1. The SMILES string of the molecule is O=C(N[C@H]1CC(=O)N(CCN2CCOCC2)C1)c1cc2cc(F)ccc2s1. The number of fused-ring (bicyclic) bond motifs is 1. The van der Waals surface area contributed by atoms with Crippen LogP contribution in [0.4, 0.5) is 4.39 Å². The van der Waals surface area contributed by atoms with Crippen LogP contribution in [0.15, 0.2) is 24.3 Å². The molecule has 2 amide bonds. The van der Waals surface area contributed by atoms with Gasteiger partial charge in [0.2, 0.25) is 5.91 Å². The molecule has 0 bridgehead atoms. The molecule has 144 valence electrons. The van der Waals surface area contributed by atoms with Gasteiger partial charge in [-0.25, -0.2) is 4.39 Å². The molecule has 1 N–H and O–H groups in total. The molecule has 0 radical (unpaired) electrons. The number of carbonyl (C=O) groups excluding carboxylic acids is 2. The van der Waals surface area contributed by atoms with Crippen molar-refractivity contribution in [1.29, 1.82) is 0 Å². The first kappa shape index (κ1) is 18.3. The Labute approximate surface area is 160 Å². The second kappa shape index (κ2) is 7.92. The maximum Gasteiger partial charge on any atom is 0.261 e. The number of hydrogen-bond acceptors (Lipinski definition) is 5. The van der Waals surface area contributed by atoms with Gasteiger partial charge in [0, 0.05) is 43.8 Å². The molecule has 4 rings (SSSR count). The van der Waals surface area contributed by atoms with Gasteiger partial charge in [-0.3, -0.25) is 14.5 Å². The predicted molar refractivity (Wildman–Crippen MR) is 101 cm³/mol. The summed E-state index contributed by atoms with van der Waals surface area (Å²) >= 11 is 1.33. The highest BCUT2D eigenvalue weighted by Gasteiger charge is 2.31. The van der Waals surface area contributed by atoms with Gasteiger partial charge < -0.3 is 15.0 Å². The predicted octanol–water partition coefficient (Wildman–Crippen LogP) is 1.70. The van der Waals surface area contributed by atoms with Crippen molar-refractivity contribution in [3.05, 3.63) is 35.0 Å². The zero-order valence-corrected chi connectivity index (χ0v) is 15.8. The number of halogens is 1. The number of likely N-dealkylation sites (tertiary alicyclic amines) is 1. The Morgan fingerprint density at radius 3 is 2.89 bits per heavy atom. The number of nitrogens with zero attached hydrogens (tertiary/aromatic N) is 2. The summed E-state index contributed by atoms with van der Waals surface area (Å²) in [6.07, 6.45) is 0.328. The van der Waals surface area contributed by atoms with Crippen LogP contribution in [0.1, 0.15) is 16.1 Å². The van der Waals surface area contributed by atoms with E-state index in [0.717, 1.165) is 42.9 Å². The van der Waals surface area contributed by atoms with E-state index in [9.17, 15) is 14.0 Å². The van der Waals surface area contributed by atoms with Crippen LogP contribution in [0.5, 0.6) is 0 Å². The van der Waals surface area contributed by atoms with Crippen LogP contribution in [-0.4, -0.2) is 73.6 Å². The molecule has 2 fully saturated rings. The minimum atomic E-state index is -0.315. The van der Waals surface area contributed by atoms with Gasteiger partial charge in [-0.05, 0) is 29.7 Å². The van der Waals surface area contributed by atoms with E-state index in [-0.39, 0.29) is 23.7 Å². The third-order valence-electron chi connectivity index (χ3n) is 5.04. The van der Waals surface area contributed by atoms with Gasteiger partial charge in [-0.15, -0.1) is 11.3 Å². The lowest BCUT2D eigenvalue weighted by Crippen LogP contribution is -2.42. The Bertz CT molecular complexity index is 850. The van der Waals surface area contributed by atoms with Crippen molar-refractivity contribution in [2.45, 2.75) is 12.5 Å². The van der Waals surface area contributed by atoms with Crippen LogP contribution in [-0.2, 0) is 9.53 Å². The van der Waals surface area contributed by atoms with E-state index in [1.165, 1.54) is 23.5 Å². The second-order valence-electron chi connectivity index (χ2n) is 6.96. The number of benzene rings is 1. The molecule has 2 aliphatic heterocycles. The molecular weight excluding hydrogens is 369 g/mol. The summed E-state index contributed by atoms with van der Waals surface area (Å²) < 4.78 is 19.5. The van der Waals surface area contributed by atoms with Gasteiger partial charge in [0.1, 0.15) is 5.82 Å². The van der Waals surface area contributed by atoms with Crippen LogP contribution in [0.2, 0.25) is 0 Å². The molecular formula is C19H22FN3O3S. The summed E-state index contributed by atoms with van der Waals surface area (Å²) in [5.74, 6) is -0.444. The molecule has 0 spiro atoms. The number of morpholine rings is 1. The quantitative estimate of drug-likeness (QED) is 0.843. The Morgan fingerprint density at radius 1 is 1.26 bits per heavy atom. The van der Waals surface area contributed by atoms with E-state index in [2.05, 4.69) is 10.2 Å². The molecule has 0 aliphatic carbocycles. The lowest BCUT2D eigenvalue weighted by atomic mass is 10.2. The molecule has 27 heavy (non-hydrogen) atoms. The first-order valence-corrected chi connectivity index (χ1v) is 9.98. The van der Waals surface area contributed by atoms with Crippen molar-refractivity contribution >= 4 is 33.2 Å². The maximum absolute atomic E-state index is 13.3. The van der Waals surface area contributed by atoms with Gasteiger partial charge in [-0.1, -0.05) is 0 Å².